The Morgan fingerprint density at radius 3 is 1.39 bits per heavy atom. The summed E-state index contributed by atoms with van der Waals surface area (Å²) in [7, 11) is 2.52. The zero-order chi connectivity index (χ0) is 16.7. The zero-order valence-corrected chi connectivity index (χ0v) is 14.4. The van der Waals surface area contributed by atoms with Crippen LogP contribution >= 0.6 is 23.5 Å². The number of ether oxygens (including phenoxy) is 2. The summed E-state index contributed by atoms with van der Waals surface area (Å²) in [6, 6.07) is 18.4. The fourth-order valence-corrected chi connectivity index (χ4v) is 4.51. The highest BCUT2D eigenvalue weighted by molar-refractivity contribution is 8.20. The van der Waals surface area contributed by atoms with Crippen LogP contribution in [0.1, 0.15) is 0 Å². The van der Waals surface area contributed by atoms with Crippen molar-refractivity contribution >= 4 is 35.5 Å². The smallest absolute Gasteiger partial charge is 0.344 e. The van der Waals surface area contributed by atoms with Crippen LogP contribution in [0.2, 0.25) is 0 Å². The Kier molecular flexibility index (Phi) is 6.12. The zero-order valence-electron chi connectivity index (χ0n) is 12.7. The molecule has 0 amide bonds. The van der Waals surface area contributed by atoms with Crippen molar-refractivity contribution in [2.24, 2.45) is 0 Å². The van der Waals surface area contributed by atoms with E-state index in [4.69, 9.17) is 9.47 Å². The summed E-state index contributed by atoms with van der Waals surface area (Å²) in [6.45, 7) is 0. The molecule has 0 aromatic heterocycles. The van der Waals surface area contributed by atoms with Crippen molar-refractivity contribution in [3.05, 3.63) is 60.7 Å². The quantitative estimate of drug-likeness (QED) is 0.344. The Balaban J connectivity index is 2.46. The molecule has 0 N–H and O–H groups in total. The van der Waals surface area contributed by atoms with Crippen molar-refractivity contribution in [1.29, 1.82) is 0 Å². The van der Waals surface area contributed by atoms with E-state index in [0.29, 0.717) is 0 Å². The maximum atomic E-state index is 12.5. The molecule has 4 nitrogen and oxygen atoms in total. The van der Waals surface area contributed by atoms with E-state index in [9.17, 15) is 9.59 Å². The lowest BCUT2D eigenvalue weighted by Gasteiger charge is -2.26. The highest BCUT2D eigenvalue weighted by atomic mass is 32.2. The van der Waals surface area contributed by atoms with E-state index < -0.39 is 16.0 Å². The van der Waals surface area contributed by atoms with Crippen molar-refractivity contribution in [3.63, 3.8) is 0 Å². The molecule has 0 bridgehead atoms. The molecule has 0 aliphatic rings. The molecule has 0 unspecified atom stereocenters. The second kappa shape index (κ2) is 8.08. The normalized spacial score (nSPS) is 10.9. The van der Waals surface area contributed by atoms with E-state index in [0.717, 1.165) is 33.3 Å². The first-order valence-electron chi connectivity index (χ1n) is 6.77. The molecule has 0 heterocycles. The number of hydrogen-bond donors (Lipinski definition) is 0. The average molecular weight is 348 g/mol. The molecule has 2 rings (SSSR count). The lowest BCUT2D eigenvalue weighted by molar-refractivity contribution is -0.151. The van der Waals surface area contributed by atoms with Gasteiger partial charge in [-0.1, -0.05) is 59.9 Å². The van der Waals surface area contributed by atoms with Gasteiger partial charge in [0.1, 0.15) is 0 Å². The van der Waals surface area contributed by atoms with Crippen LogP contribution in [0, 0.1) is 0 Å². The van der Waals surface area contributed by atoms with E-state index in [-0.39, 0.29) is 0 Å². The predicted octanol–water partition coefficient (Wildman–Crippen LogP) is 3.61. The lowest BCUT2D eigenvalue weighted by Crippen LogP contribution is -2.42. The van der Waals surface area contributed by atoms with Gasteiger partial charge < -0.3 is 9.47 Å². The van der Waals surface area contributed by atoms with Crippen LogP contribution in [-0.2, 0) is 19.1 Å². The number of carbonyl (C=O) groups excluding carboxylic acids is 2. The summed E-state index contributed by atoms with van der Waals surface area (Å²) >= 11 is 2.22. The van der Waals surface area contributed by atoms with Gasteiger partial charge >= 0.3 is 11.9 Å². The molecule has 2 aromatic carbocycles. The third kappa shape index (κ3) is 4.09. The first-order valence-corrected chi connectivity index (χ1v) is 8.40. The van der Waals surface area contributed by atoms with Crippen LogP contribution in [0.25, 0.3) is 0 Å². The molecule has 0 saturated carbocycles. The SMILES string of the molecule is COC(=O)C(Sc1ccccc1)(Sc1ccccc1)C(=O)OC. The van der Waals surface area contributed by atoms with Crippen molar-refractivity contribution in [1.82, 2.24) is 0 Å². The van der Waals surface area contributed by atoms with E-state index in [1.165, 1.54) is 14.2 Å². The maximum absolute atomic E-state index is 12.5. The van der Waals surface area contributed by atoms with Crippen molar-refractivity contribution < 1.29 is 19.1 Å². The Morgan fingerprint density at radius 2 is 1.09 bits per heavy atom. The summed E-state index contributed by atoms with van der Waals surface area (Å²) in [6.07, 6.45) is 0. The average Bonchev–Trinajstić information content (AvgIpc) is 2.61. The van der Waals surface area contributed by atoms with Crippen molar-refractivity contribution in [2.75, 3.05) is 14.2 Å². The fourth-order valence-electron chi connectivity index (χ4n) is 1.85. The van der Waals surface area contributed by atoms with Gasteiger partial charge in [-0.15, -0.1) is 0 Å². The van der Waals surface area contributed by atoms with Gasteiger partial charge in [0.2, 0.25) is 0 Å². The molecule has 0 aliphatic carbocycles. The first-order chi connectivity index (χ1) is 11.1. The molecule has 6 heteroatoms. The third-order valence-corrected chi connectivity index (χ3v) is 5.68. The number of carbonyl (C=O) groups is 2. The number of benzene rings is 2. The number of methoxy groups -OCH3 is 2. The summed E-state index contributed by atoms with van der Waals surface area (Å²) in [5.74, 6) is -1.32. The summed E-state index contributed by atoms with van der Waals surface area (Å²) in [5, 5.41) is 0. The molecule has 0 fully saturated rings. The Hall–Kier alpha value is -1.92. The molecule has 0 saturated heterocycles. The molecule has 2 aromatic rings. The van der Waals surface area contributed by atoms with Crippen LogP contribution in [0.15, 0.2) is 70.5 Å². The highest BCUT2D eigenvalue weighted by Gasteiger charge is 2.51. The number of rotatable bonds is 6. The first kappa shape index (κ1) is 17.4. The molecule has 23 heavy (non-hydrogen) atoms. The van der Waals surface area contributed by atoms with Gasteiger partial charge in [-0.25, -0.2) is 9.59 Å². The molecule has 0 aliphatic heterocycles. The topological polar surface area (TPSA) is 52.6 Å². The molecule has 0 spiro atoms. The number of thioether (sulfide) groups is 2. The van der Waals surface area contributed by atoms with Crippen LogP contribution in [0.4, 0.5) is 0 Å². The Bertz CT molecular complexity index is 599. The summed E-state index contributed by atoms with van der Waals surface area (Å²) in [5.41, 5.74) is 0. The molecular weight excluding hydrogens is 332 g/mol. The van der Waals surface area contributed by atoms with Gasteiger partial charge in [0.15, 0.2) is 0 Å². The minimum absolute atomic E-state index is 0.660. The van der Waals surface area contributed by atoms with Crippen LogP contribution < -0.4 is 0 Å². The largest absolute Gasteiger partial charge is 0.467 e. The van der Waals surface area contributed by atoms with Gasteiger partial charge in [-0.3, -0.25) is 0 Å². The number of esters is 2. The van der Waals surface area contributed by atoms with Gasteiger partial charge in [0.05, 0.1) is 14.2 Å². The van der Waals surface area contributed by atoms with Gasteiger partial charge in [0.25, 0.3) is 4.08 Å². The van der Waals surface area contributed by atoms with E-state index in [2.05, 4.69) is 0 Å². The molecule has 0 atom stereocenters. The maximum Gasteiger partial charge on any atom is 0.344 e. The van der Waals surface area contributed by atoms with Crippen molar-refractivity contribution in [3.8, 4) is 0 Å². The minimum atomic E-state index is -1.56. The van der Waals surface area contributed by atoms with E-state index in [1.807, 2.05) is 60.7 Å². The monoisotopic (exact) mass is 348 g/mol. The predicted molar refractivity (Wildman–Crippen MR) is 91.4 cm³/mol. The lowest BCUT2D eigenvalue weighted by atomic mass is 10.4. The second-order valence-corrected chi connectivity index (χ2v) is 7.26. The second-order valence-electron chi connectivity index (χ2n) is 4.43. The van der Waals surface area contributed by atoms with E-state index in [1.54, 1.807) is 0 Å². The van der Waals surface area contributed by atoms with Gasteiger partial charge in [0, 0.05) is 9.79 Å². The standard InChI is InChI=1S/C17H16O4S2/c1-20-15(18)17(16(19)21-2,22-13-9-5-3-6-10-13)23-14-11-7-4-8-12-14/h3-12H,1-2H3. The molecule has 120 valence electrons. The highest BCUT2D eigenvalue weighted by Crippen LogP contribution is 2.47. The number of hydrogen-bond acceptors (Lipinski definition) is 6. The Labute approximate surface area is 143 Å². The fraction of sp³-hybridized carbons (Fsp3) is 0.176. The Morgan fingerprint density at radius 1 is 0.739 bits per heavy atom. The van der Waals surface area contributed by atoms with Crippen LogP contribution in [-0.4, -0.2) is 30.2 Å². The van der Waals surface area contributed by atoms with Gasteiger partial charge in [-0.05, 0) is 24.3 Å². The van der Waals surface area contributed by atoms with E-state index >= 15 is 0 Å². The third-order valence-electron chi connectivity index (χ3n) is 2.92. The summed E-state index contributed by atoms with van der Waals surface area (Å²) < 4.78 is 8.24. The molecular formula is C17H16O4S2. The van der Waals surface area contributed by atoms with Crippen LogP contribution in [0.5, 0.6) is 0 Å². The molecule has 0 radical (unpaired) electrons. The summed E-state index contributed by atoms with van der Waals surface area (Å²) in [4.78, 5) is 26.5. The van der Waals surface area contributed by atoms with Gasteiger partial charge in [-0.2, -0.15) is 0 Å². The minimum Gasteiger partial charge on any atom is -0.467 e. The van der Waals surface area contributed by atoms with Crippen molar-refractivity contribution in [2.45, 2.75) is 13.9 Å². The van der Waals surface area contributed by atoms with Crippen LogP contribution in [0.3, 0.4) is 0 Å².